The first-order valence-corrected chi connectivity index (χ1v) is 10.2. The van der Waals surface area contributed by atoms with Crippen molar-refractivity contribution in [3.05, 3.63) is 11.6 Å². The van der Waals surface area contributed by atoms with Crippen LogP contribution in [0.2, 0.25) is 0 Å². The minimum atomic E-state index is -0.330. The minimum Gasteiger partial charge on any atom is -0.462 e. The number of carbonyl (C=O) groups excluding carboxylic acids is 1. The van der Waals surface area contributed by atoms with Gasteiger partial charge in [-0.2, -0.15) is 0 Å². The maximum Gasteiger partial charge on any atom is 0.302 e. The highest BCUT2D eigenvalue weighted by Crippen LogP contribution is 2.70. The summed E-state index contributed by atoms with van der Waals surface area (Å²) in [6.07, 6.45) is 7.10. The van der Waals surface area contributed by atoms with Crippen molar-refractivity contribution in [2.24, 2.45) is 22.7 Å². The van der Waals surface area contributed by atoms with Gasteiger partial charge in [0.05, 0.1) is 6.10 Å². The van der Waals surface area contributed by atoms with E-state index in [0.717, 1.165) is 19.3 Å². The number of carbonyl (C=O) groups is 1. The Morgan fingerprint density at radius 2 is 2.00 bits per heavy atom. The van der Waals surface area contributed by atoms with Crippen LogP contribution in [0.1, 0.15) is 73.6 Å². The van der Waals surface area contributed by atoms with Gasteiger partial charge in [0.1, 0.15) is 18.3 Å². The lowest BCUT2D eigenvalue weighted by Gasteiger charge is -2.59. The quantitative estimate of drug-likeness (QED) is 0.450. The number of esters is 1. The van der Waals surface area contributed by atoms with Gasteiger partial charge in [0, 0.05) is 12.3 Å². The van der Waals surface area contributed by atoms with Crippen LogP contribution >= 0.6 is 0 Å². The zero-order chi connectivity index (χ0) is 19.3. The van der Waals surface area contributed by atoms with Crippen molar-refractivity contribution in [3.63, 3.8) is 0 Å². The first-order chi connectivity index (χ1) is 12.0. The molecule has 2 saturated carbocycles. The molecule has 1 N–H and O–H groups in total. The first kappa shape index (κ1) is 19.9. The molecule has 0 amide bonds. The molecule has 4 nitrogen and oxygen atoms in total. The zero-order valence-electron chi connectivity index (χ0n) is 17.3. The molecule has 26 heavy (non-hydrogen) atoms. The van der Waals surface area contributed by atoms with Crippen molar-refractivity contribution in [2.45, 2.75) is 91.5 Å². The number of ether oxygens (including phenoxy) is 2. The summed E-state index contributed by atoms with van der Waals surface area (Å²) >= 11 is 0. The molecule has 148 valence electrons. The average Bonchev–Trinajstić information content (AvgIpc) is 3.27. The molecule has 0 aromatic carbocycles. The van der Waals surface area contributed by atoms with Crippen LogP contribution in [0.5, 0.6) is 0 Å². The second kappa shape index (κ2) is 6.63. The second-order valence-corrected chi connectivity index (χ2v) is 9.72. The van der Waals surface area contributed by atoms with Crippen molar-refractivity contribution in [3.8, 4) is 0 Å². The van der Waals surface area contributed by atoms with Crippen molar-refractivity contribution < 1.29 is 19.4 Å². The monoisotopic (exact) mass is 364 g/mol. The van der Waals surface area contributed by atoms with E-state index in [1.807, 2.05) is 6.08 Å². The van der Waals surface area contributed by atoms with Gasteiger partial charge in [-0.3, -0.25) is 4.79 Å². The predicted molar refractivity (Wildman–Crippen MR) is 102 cm³/mol. The molecule has 1 saturated heterocycles. The molecular weight excluding hydrogens is 328 g/mol. The number of fused-ring (bicyclic) bond motifs is 3. The largest absolute Gasteiger partial charge is 0.462 e. The summed E-state index contributed by atoms with van der Waals surface area (Å²) in [5.41, 5.74) is 1.45. The smallest absolute Gasteiger partial charge is 0.302 e. The van der Waals surface area contributed by atoms with E-state index >= 15 is 0 Å². The molecule has 0 aromatic heterocycles. The molecule has 0 radical (unpaired) electrons. The van der Waals surface area contributed by atoms with E-state index in [0.29, 0.717) is 18.4 Å². The number of allylic oxidation sites excluding steroid dienone is 1. The van der Waals surface area contributed by atoms with Crippen molar-refractivity contribution >= 4 is 5.97 Å². The molecule has 0 bridgehead atoms. The van der Waals surface area contributed by atoms with Crippen LogP contribution in [0.3, 0.4) is 0 Å². The highest BCUT2D eigenvalue weighted by atomic mass is 16.6. The molecule has 1 heterocycles. The molecule has 7 atom stereocenters. The molecule has 4 heteroatoms. The standard InChI is InChI=1S/C22H36O4/c1-14(9-12-25-16(3)23)7-10-20(4)15(2)8-11-21(5)18(20)13-17(24)19-22(21,6)26-19/h9,15,17-19,24H,7-8,10-13H2,1-6H3/b14-9+/t15-,17-,18-,19+,20+,21-,22+/m1/s1. The van der Waals surface area contributed by atoms with Gasteiger partial charge in [-0.05, 0) is 69.3 Å². The molecule has 3 fully saturated rings. The SMILES string of the molecule is CC(=O)OC/C=C(\C)CC[C@@]1(C)[C@H](C)CC[C@]2(C)[C@@H]1C[C@@H](O)[C@@H]1O[C@@]12C. The fraction of sp³-hybridized carbons (Fsp3) is 0.864. The molecule has 3 aliphatic rings. The van der Waals surface area contributed by atoms with E-state index in [1.165, 1.54) is 25.3 Å². The number of hydrogen-bond donors (Lipinski definition) is 1. The van der Waals surface area contributed by atoms with Crippen LogP contribution in [-0.4, -0.2) is 35.5 Å². The summed E-state index contributed by atoms with van der Waals surface area (Å²) in [6, 6.07) is 0. The van der Waals surface area contributed by atoms with Gasteiger partial charge in [-0.15, -0.1) is 0 Å². The molecule has 0 spiro atoms. The summed E-state index contributed by atoms with van der Waals surface area (Å²) in [5.74, 6) is 0.868. The van der Waals surface area contributed by atoms with E-state index in [1.54, 1.807) is 0 Å². The van der Waals surface area contributed by atoms with E-state index in [2.05, 4.69) is 34.6 Å². The van der Waals surface area contributed by atoms with Gasteiger partial charge in [-0.25, -0.2) is 0 Å². The zero-order valence-corrected chi connectivity index (χ0v) is 17.3. The van der Waals surface area contributed by atoms with E-state index in [-0.39, 0.29) is 34.6 Å². The normalized spacial score (nSPS) is 47.7. The summed E-state index contributed by atoms with van der Waals surface area (Å²) < 4.78 is 11.1. The second-order valence-electron chi connectivity index (χ2n) is 9.72. The Morgan fingerprint density at radius 3 is 2.65 bits per heavy atom. The summed E-state index contributed by atoms with van der Waals surface area (Å²) in [6.45, 7) is 13.4. The van der Waals surface area contributed by atoms with Crippen LogP contribution in [-0.2, 0) is 14.3 Å². The molecule has 2 aliphatic carbocycles. The molecule has 0 unspecified atom stereocenters. The summed E-state index contributed by atoms with van der Waals surface area (Å²) in [5, 5.41) is 10.6. The highest BCUT2D eigenvalue weighted by Gasteiger charge is 2.74. The van der Waals surface area contributed by atoms with Crippen molar-refractivity contribution in [1.29, 1.82) is 0 Å². The average molecular weight is 365 g/mol. The molecule has 0 aromatic rings. The summed E-state index contributed by atoms with van der Waals surface area (Å²) in [7, 11) is 0. The molecule has 1 aliphatic heterocycles. The Morgan fingerprint density at radius 1 is 1.31 bits per heavy atom. The third-order valence-electron chi connectivity index (χ3n) is 8.38. The third-order valence-corrected chi connectivity index (χ3v) is 8.38. The highest BCUT2D eigenvalue weighted by molar-refractivity contribution is 5.66. The van der Waals surface area contributed by atoms with Gasteiger partial charge < -0.3 is 14.6 Å². The van der Waals surface area contributed by atoms with Crippen LogP contribution in [0, 0.1) is 22.7 Å². The Balaban J connectivity index is 1.75. The third kappa shape index (κ3) is 3.03. The molecule has 3 rings (SSSR count). The maximum atomic E-state index is 10.9. The van der Waals surface area contributed by atoms with Gasteiger partial charge in [0.25, 0.3) is 0 Å². The number of epoxide rings is 1. The molecular formula is C22H36O4. The lowest BCUT2D eigenvalue weighted by Crippen LogP contribution is -2.58. The number of aliphatic hydroxyl groups excluding tert-OH is 1. The van der Waals surface area contributed by atoms with Crippen LogP contribution in [0.4, 0.5) is 0 Å². The van der Waals surface area contributed by atoms with Gasteiger partial charge in [0.15, 0.2) is 0 Å². The number of hydrogen-bond acceptors (Lipinski definition) is 4. The lowest BCUT2D eigenvalue weighted by atomic mass is 9.44. The van der Waals surface area contributed by atoms with Crippen LogP contribution < -0.4 is 0 Å². The Hall–Kier alpha value is -0.870. The Labute approximate surface area is 158 Å². The fourth-order valence-electron chi connectivity index (χ4n) is 6.01. The van der Waals surface area contributed by atoms with Gasteiger partial charge in [-0.1, -0.05) is 26.3 Å². The first-order valence-electron chi connectivity index (χ1n) is 10.2. The van der Waals surface area contributed by atoms with Crippen molar-refractivity contribution in [2.75, 3.05) is 6.61 Å². The van der Waals surface area contributed by atoms with Crippen LogP contribution in [0.15, 0.2) is 11.6 Å². The number of rotatable bonds is 5. The Bertz CT molecular complexity index is 599. The predicted octanol–water partition coefficient (Wildman–Crippen LogP) is 4.26. The summed E-state index contributed by atoms with van der Waals surface area (Å²) in [4.78, 5) is 10.9. The van der Waals surface area contributed by atoms with E-state index < -0.39 is 0 Å². The number of aliphatic hydroxyl groups is 1. The minimum absolute atomic E-state index is 0.0340. The van der Waals surface area contributed by atoms with Crippen LogP contribution in [0.25, 0.3) is 0 Å². The van der Waals surface area contributed by atoms with Gasteiger partial charge in [0.2, 0.25) is 0 Å². The maximum absolute atomic E-state index is 10.9. The van der Waals surface area contributed by atoms with Gasteiger partial charge >= 0.3 is 5.97 Å². The topological polar surface area (TPSA) is 59.1 Å². The van der Waals surface area contributed by atoms with E-state index in [9.17, 15) is 9.90 Å². The fourth-order valence-corrected chi connectivity index (χ4v) is 6.01. The Kier molecular flexibility index (Phi) is 5.07. The lowest BCUT2D eigenvalue weighted by molar-refractivity contribution is -0.139. The van der Waals surface area contributed by atoms with E-state index in [4.69, 9.17) is 9.47 Å². The van der Waals surface area contributed by atoms with Crippen molar-refractivity contribution in [1.82, 2.24) is 0 Å².